The van der Waals surface area contributed by atoms with Crippen molar-refractivity contribution in [2.24, 2.45) is 11.8 Å². The van der Waals surface area contributed by atoms with E-state index in [0.717, 1.165) is 23.1 Å². The van der Waals surface area contributed by atoms with Gasteiger partial charge in [-0.05, 0) is 61.6 Å². The van der Waals surface area contributed by atoms with Gasteiger partial charge >= 0.3 is 5.97 Å². The summed E-state index contributed by atoms with van der Waals surface area (Å²) in [5.74, 6) is 1.12. The molecule has 2 aliphatic rings. The van der Waals surface area contributed by atoms with E-state index in [0.29, 0.717) is 12.5 Å². The first-order chi connectivity index (χ1) is 9.22. The number of nitrogens with one attached hydrogen (secondary N) is 1. The van der Waals surface area contributed by atoms with Crippen LogP contribution >= 0.6 is 0 Å². The third-order valence-corrected chi connectivity index (χ3v) is 4.46. The first kappa shape index (κ1) is 12.5. The highest BCUT2D eigenvalue weighted by atomic mass is 16.4. The Morgan fingerprint density at radius 2 is 2.11 bits per heavy atom. The predicted molar refractivity (Wildman–Crippen MR) is 75.3 cm³/mol. The summed E-state index contributed by atoms with van der Waals surface area (Å²) in [6, 6.07) is 8.86. The number of anilines is 1. The lowest BCUT2D eigenvalue weighted by Crippen LogP contribution is -2.39. The Labute approximate surface area is 114 Å². The average Bonchev–Trinajstić information content (AvgIpc) is 3.17. The fraction of sp³-hybridized carbons (Fsp3) is 0.562. The Kier molecular flexibility index (Phi) is 3.45. The molecule has 2 atom stereocenters. The van der Waals surface area contributed by atoms with Crippen molar-refractivity contribution in [1.82, 2.24) is 0 Å². The highest BCUT2D eigenvalue weighted by molar-refractivity contribution is 5.67. The van der Waals surface area contributed by atoms with Gasteiger partial charge in [-0.2, -0.15) is 0 Å². The third-order valence-electron chi connectivity index (χ3n) is 4.46. The molecule has 3 nitrogen and oxygen atoms in total. The molecule has 0 spiro atoms. The minimum atomic E-state index is -0.730. The molecule has 2 aliphatic carbocycles. The van der Waals surface area contributed by atoms with Gasteiger partial charge in [0.25, 0.3) is 0 Å². The molecule has 3 heteroatoms. The molecule has 19 heavy (non-hydrogen) atoms. The predicted octanol–water partition coefficient (Wildman–Crippen LogP) is 3.30. The van der Waals surface area contributed by atoms with Gasteiger partial charge < -0.3 is 10.4 Å². The molecule has 0 bridgehead atoms. The van der Waals surface area contributed by atoms with Crippen LogP contribution in [0.15, 0.2) is 24.3 Å². The Hall–Kier alpha value is -1.51. The zero-order valence-corrected chi connectivity index (χ0v) is 11.1. The van der Waals surface area contributed by atoms with Crippen LogP contribution in [0.5, 0.6) is 0 Å². The van der Waals surface area contributed by atoms with E-state index in [1.807, 2.05) is 12.1 Å². The molecule has 2 saturated carbocycles. The van der Waals surface area contributed by atoms with Crippen molar-refractivity contribution in [2.45, 2.75) is 44.6 Å². The monoisotopic (exact) mass is 259 g/mol. The fourth-order valence-corrected chi connectivity index (χ4v) is 3.08. The first-order valence-corrected chi connectivity index (χ1v) is 7.29. The van der Waals surface area contributed by atoms with Gasteiger partial charge in [0.15, 0.2) is 0 Å². The van der Waals surface area contributed by atoms with E-state index in [4.69, 9.17) is 5.11 Å². The van der Waals surface area contributed by atoms with E-state index in [1.165, 1.54) is 25.7 Å². The number of hydrogen-bond donors (Lipinski definition) is 2. The van der Waals surface area contributed by atoms with Crippen LogP contribution in [-0.2, 0) is 11.2 Å². The molecule has 2 unspecified atom stereocenters. The number of aryl methyl sites for hydroxylation is 1. The minimum Gasteiger partial charge on any atom is -0.481 e. The molecule has 3 rings (SSSR count). The minimum absolute atomic E-state index is 0.206. The zero-order valence-electron chi connectivity index (χ0n) is 11.1. The molecule has 1 aromatic carbocycles. The van der Waals surface area contributed by atoms with Crippen LogP contribution in [0.25, 0.3) is 0 Å². The van der Waals surface area contributed by atoms with E-state index >= 15 is 0 Å². The van der Waals surface area contributed by atoms with Gasteiger partial charge in [-0.3, -0.25) is 4.79 Å². The van der Waals surface area contributed by atoms with Gasteiger partial charge in [0.1, 0.15) is 0 Å². The molecule has 2 N–H and O–H groups in total. The van der Waals surface area contributed by atoms with Crippen molar-refractivity contribution < 1.29 is 9.90 Å². The van der Waals surface area contributed by atoms with Crippen LogP contribution in [0.2, 0.25) is 0 Å². The molecule has 0 aliphatic heterocycles. The van der Waals surface area contributed by atoms with E-state index in [-0.39, 0.29) is 6.42 Å². The van der Waals surface area contributed by atoms with E-state index < -0.39 is 5.97 Å². The smallest absolute Gasteiger partial charge is 0.303 e. The Balaban J connectivity index is 1.58. The summed E-state index contributed by atoms with van der Waals surface area (Å²) in [7, 11) is 0. The van der Waals surface area contributed by atoms with Crippen molar-refractivity contribution in [3.63, 3.8) is 0 Å². The maximum absolute atomic E-state index is 10.6. The average molecular weight is 259 g/mol. The first-order valence-electron chi connectivity index (χ1n) is 7.29. The number of benzene rings is 1. The molecular formula is C16H21NO2. The summed E-state index contributed by atoms with van der Waals surface area (Å²) >= 11 is 0. The van der Waals surface area contributed by atoms with E-state index in [1.54, 1.807) is 0 Å². The van der Waals surface area contributed by atoms with Crippen LogP contribution in [0.3, 0.4) is 0 Å². The standard InChI is InChI=1S/C16H21NO2/c18-16(19)9-4-11-2-1-3-13(10-11)17-15-8-7-14(15)12-5-6-12/h1-3,10,12,14-15,17H,4-9H2,(H,18,19). The number of carboxylic acid groups (broad SMARTS) is 1. The van der Waals surface area contributed by atoms with E-state index in [9.17, 15) is 4.79 Å². The van der Waals surface area contributed by atoms with Gasteiger partial charge in [0.2, 0.25) is 0 Å². The van der Waals surface area contributed by atoms with Crippen LogP contribution in [-0.4, -0.2) is 17.1 Å². The zero-order chi connectivity index (χ0) is 13.2. The number of carboxylic acids is 1. The molecule has 102 valence electrons. The quantitative estimate of drug-likeness (QED) is 0.824. The molecule has 0 heterocycles. The summed E-state index contributed by atoms with van der Waals surface area (Å²) in [6.45, 7) is 0. The van der Waals surface area contributed by atoms with Crippen LogP contribution in [0.4, 0.5) is 5.69 Å². The number of rotatable bonds is 6. The highest BCUT2D eigenvalue weighted by Gasteiger charge is 2.41. The van der Waals surface area contributed by atoms with Crippen LogP contribution in [0, 0.1) is 11.8 Å². The lowest BCUT2D eigenvalue weighted by Gasteiger charge is -2.38. The van der Waals surface area contributed by atoms with Gasteiger partial charge in [0.05, 0.1) is 0 Å². The van der Waals surface area contributed by atoms with Crippen LogP contribution < -0.4 is 5.32 Å². The summed E-state index contributed by atoms with van der Waals surface area (Å²) < 4.78 is 0. The lowest BCUT2D eigenvalue weighted by atomic mass is 9.76. The van der Waals surface area contributed by atoms with Crippen molar-refractivity contribution >= 4 is 11.7 Å². The molecule has 0 radical (unpaired) electrons. The fourth-order valence-electron chi connectivity index (χ4n) is 3.08. The third kappa shape index (κ3) is 3.09. The Morgan fingerprint density at radius 3 is 2.74 bits per heavy atom. The SMILES string of the molecule is O=C(O)CCc1cccc(NC2CCC2C2CC2)c1. The number of carbonyl (C=O) groups is 1. The second kappa shape index (κ2) is 5.24. The van der Waals surface area contributed by atoms with Crippen molar-refractivity contribution in [2.75, 3.05) is 5.32 Å². The second-order valence-corrected chi connectivity index (χ2v) is 5.92. The number of hydrogen-bond acceptors (Lipinski definition) is 2. The summed E-state index contributed by atoms with van der Waals surface area (Å²) in [5, 5.41) is 12.4. The van der Waals surface area contributed by atoms with Gasteiger partial charge in [0, 0.05) is 18.2 Å². The molecule has 2 fully saturated rings. The second-order valence-electron chi connectivity index (χ2n) is 5.92. The topological polar surface area (TPSA) is 49.3 Å². The summed E-state index contributed by atoms with van der Waals surface area (Å²) in [4.78, 5) is 10.6. The largest absolute Gasteiger partial charge is 0.481 e. The van der Waals surface area contributed by atoms with Crippen molar-refractivity contribution in [3.05, 3.63) is 29.8 Å². The number of aliphatic carboxylic acids is 1. The summed E-state index contributed by atoms with van der Waals surface area (Å²) in [5.41, 5.74) is 2.26. The van der Waals surface area contributed by atoms with Gasteiger partial charge in [-0.15, -0.1) is 0 Å². The molecule has 0 aromatic heterocycles. The summed E-state index contributed by atoms with van der Waals surface area (Å²) in [6.07, 6.45) is 6.31. The maximum Gasteiger partial charge on any atom is 0.303 e. The van der Waals surface area contributed by atoms with E-state index in [2.05, 4.69) is 17.4 Å². The van der Waals surface area contributed by atoms with Gasteiger partial charge in [-0.25, -0.2) is 0 Å². The normalized spacial score (nSPS) is 25.7. The molecule has 0 amide bonds. The molecular weight excluding hydrogens is 238 g/mol. The highest BCUT2D eigenvalue weighted by Crippen LogP contribution is 2.47. The van der Waals surface area contributed by atoms with Crippen molar-refractivity contribution in [1.29, 1.82) is 0 Å². The molecule has 1 aromatic rings. The maximum atomic E-state index is 10.6. The van der Waals surface area contributed by atoms with Crippen LogP contribution in [0.1, 0.15) is 37.7 Å². The lowest BCUT2D eigenvalue weighted by molar-refractivity contribution is -0.136. The Morgan fingerprint density at radius 1 is 1.26 bits per heavy atom. The van der Waals surface area contributed by atoms with Gasteiger partial charge in [-0.1, -0.05) is 12.1 Å². The molecule has 0 saturated heterocycles. The Bertz CT molecular complexity index is 468. The van der Waals surface area contributed by atoms with Crippen molar-refractivity contribution in [3.8, 4) is 0 Å².